The van der Waals surface area contributed by atoms with Gasteiger partial charge in [0.05, 0.1) is 24.8 Å². The number of sulfonamides is 1. The van der Waals surface area contributed by atoms with Crippen molar-refractivity contribution in [1.82, 2.24) is 5.32 Å². The summed E-state index contributed by atoms with van der Waals surface area (Å²) in [4.78, 5) is 12.5. The first-order valence-electron chi connectivity index (χ1n) is 7.38. The van der Waals surface area contributed by atoms with E-state index in [-0.39, 0.29) is 6.54 Å². The number of halogens is 1. The second-order valence-corrected chi connectivity index (χ2v) is 7.55. The molecule has 0 aliphatic carbocycles. The minimum absolute atomic E-state index is 0.195. The normalized spacial score (nSPS) is 12.6. The van der Waals surface area contributed by atoms with Crippen molar-refractivity contribution in [3.05, 3.63) is 53.4 Å². The number of hydrogen-bond acceptors (Lipinski definition) is 4. The smallest absolute Gasteiger partial charge is 0.244 e. The van der Waals surface area contributed by atoms with Gasteiger partial charge < -0.3 is 9.73 Å². The molecule has 130 valence electrons. The van der Waals surface area contributed by atoms with Crippen LogP contribution >= 0.6 is 11.6 Å². The molecular formula is C16H19ClN2O4S. The molecule has 1 aromatic heterocycles. The number of anilines is 1. The lowest BCUT2D eigenvalue weighted by Crippen LogP contribution is -2.49. The summed E-state index contributed by atoms with van der Waals surface area (Å²) in [5.41, 5.74) is 0.391. The van der Waals surface area contributed by atoms with E-state index in [2.05, 4.69) is 5.32 Å². The molecule has 1 N–H and O–H groups in total. The summed E-state index contributed by atoms with van der Waals surface area (Å²) in [7, 11) is -3.65. The van der Waals surface area contributed by atoms with E-state index in [4.69, 9.17) is 16.0 Å². The van der Waals surface area contributed by atoms with Crippen molar-refractivity contribution >= 4 is 33.2 Å². The van der Waals surface area contributed by atoms with Gasteiger partial charge in [-0.25, -0.2) is 8.42 Å². The Morgan fingerprint density at radius 1 is 1.29 bits per heavy atom. The van der Waals surface area contributed by atoms with Gasteiger partial charge in [-0.1, -0.05) is 18.5 Å². The molecule has 1 heterocycles. The van der Waals surface area contributed by atoms with Crippen LogP contribution in [0.15, 0.2) is 47.1 Å². The van der Waals surface area contributed by atoms with Gasteiger partial charge in [0, 0.05) is 5.02 Å². The average Bonchev–Trinajstić information content (AvgIpc) is 3.03. The molecule has 1 atom stereocenters. The molecule has 0 aliphatic rings. The summed E-state index contributed by atoms with van der Waals surface area (Å²) in [6, 6.07) is 8.91. The lowest BCUT2D eigenvalue weighted by Gasteiger charge is -2.30. The molecule has 6 nitrogen and oxygen atoms in total. The summed E-state index contributed by atoms with van der Waals surface area (Å²) in [5, 5.41) is 3.19. The van der Waals surface area contributed by atoms with Gasteiger partial charge in [-0.05, 0) is 42.8 Å². The Bertz CT molecular complexity index is 773. The van der Waals surface area contributed by atoms with Gasteiger partial charge in [-0.3, -0.25) is 9.10 Å². The van der Waals surface area contributed by atoms with Gasteiger partial charge in [0.15, 0.2) is 0 Å². The van der Waals surface area contributed by atoms with E-state index in [9.17, 15) is 13.2 Å². The molecule has 2 aromatic rings. The fraction of sp³-hybridized carbons (Fsp3) is 0.312. The highest BCUT2D eigenvalue weighted by Gasteiger charge is 2.31. The minimum atomic E-state index is -3.65. The summed E-state index contributed by atoms with van der Waals surface area (Å²) in [6.07, 6.45) is 2.90. The summed E-state index contributed by atoms with van der Waals surface area (Å²) < 4.78 is 30.8. The number of rotatable bonds is 7. The second-order valence-electron chi connectivity index (χ2n) is 5.26. The average molecular weight is 371 g/mol. The predicted molar refractivity (Wildman–Crippen MR) is 93.4 cm³/mol. The van der Waals surface area contributed by atoms with Gasteiger partial charge in [-0.2, -0.15) is 0 Å². The maximum Gasteiger partial charge on any atom is 0.244 e. The zero-order valence-corrected chi connectivity index (χ0v) is 15.0. The van der Waals surface area contributed by atoms with Gasteiger partial charge in [0.25, 0.3) is 0 Å². The molecule has 0 radical (unpaired) electrons. The molecule has 0 bridgehead atoms. The van der Waals surface area contributed by atoms with Crippen LogP contribution in [0, 0.1) is 0 Å². The van der Waals surface area contributed by atoms with Crippen molar-refractivity contribution in [2.24, 2.45) is 0 Å². The Kier molecular flexibility index (Phi) is 5.90. The van der Waals surface area contributed by atoms with Crippen LogP contribution in [0.25, 0.3) is 0 Å². The number of hydrogen-bond donors (Lipinski definition) is 1. The first-order valence-corrected chi connectivity index (χ1v) is 9.60. The highest BCUT2D eigenvalue weighted by atomic mass is 35.5. The molecule has 0 spiro atoms. The van der Waals surface area contributed by atoms with Crippen LogP contribution in [0.2, 0.25) is 5.02 Å². The maximum absolute atomic E-state index is 12.5. The molecule has 24 heavy (non-hydrogen) atoms. The molecule has 0 aliphatic heterocycles. The molecule has 2 rings (SSSR count). The number of benzene rings is 1. The van der Waals surface area contributed by atoms with Gasteiger partial charge in [0.2, 0.25) is 15.9 Å². The monoisotopic (exact) mass is 370 g/mol. The first-order chi connectivity index (χ1) is 11.3. The third-order valence-corrected chi connectivity index (χ3v) is 4.86. The van der Waals surface area contributed by atoms with Crippen LogP contribution in [0.5, 0.6) is 0 Å². The summed E-state index contributed by atoms with van der Waals surface area (Å²) >= 11 is 5.86. The zero-order valence-electron chi connectivity index (χ0n) is 13.4. The van der Waals surface area contributed by atoms with Gasteiger partial charge in [-0.15, -0.1) is 0 Å². The molecule has 0 saturated carbocycles. The highest BCUT2D eigenvalue weighted by Crippen LogP contribution is 2.24. The predicted octanol–water partition coefficient (Wildman–Crippen LogP) is 2.79. The van der Waals surface area contributed by atoms with E-state index in [1.165, 1.54) is 6.26 Å². The molecule has 0 unspecified atom stereocenters. The summed E-state index contributed by atoms with van der Waals surface area (Å²) in [5.74, 6) is 0.199. The minimum Gasteiger partial charge on any atom is -0.467 e. The first kappa shape index (κ1) is 18.4. The number of nitrogens with zero attached hydrogens (tertiary/aromatic N) is 1. The SMILES string of the molecule is CC[C@H](C(=O)NCc1ccco1)N(c1ccc(Cl)cc1)S(C)(=O)=O. The Hall–Kier alpha value is -1.99. The highest BCUT2D eigenvalue weighted by molar-refractivity contribution is 7.92. The Morgan fingerprint density at radius 2 is 1.96 bits per heavy atom. The molecule has 0 saturated heterocycles. The topological polar surface area (TPSA) is 79.6 Å². The quantitative estimate of drug-likeness (QED) is 0.812. The third kappa shape index (κ3) is 4.52. The lowest BCUT2D eigenvalue weighted by molar-refractivity contribution is -0.122. The summed E-state index contributed by atoms with van der Waals surface area (Å²) in [6.45, 7) is 1.95. The van der Waals surface area contributed by atoms with Crippen LogP contribution in [0.1, 0.15) is 19.1 Å². The van der Waals surface area contributed by atoms with E-state index in [0.29, 0.717) is 22.9 Å². The van der Waals surface area contributed by atoms with E-state index in [1.807, 2.05) is 0 Å². The number of carbonyl (C=O) groups is 1. The largest absolute Gasteiger partial charge is 0.467 e. The van der Waals surface area contributed by atoms with Crippen LogP contribution in [0.3, 0.4) is 0 Å². The molecule has 1 amide bonds. The van der Waals surface area contributed by atoms with Crippen LogP contribution in [-0.2, 0) is 21.4 Å². The van der Waals surface area contributed by atoms with E-state index in [1.54, 1.807) is 43.3 Å². The van der Waals surface area contributed by atoms with E-state index >= 15 is 0 Å². The fourth-order valence-electron chi connectivity index (χ4n) is 2.35. The standard InChI is InChI=1S/C16H19ClN2O4S/c1-3-15(16(20)18-11-14-5-4-10-23-14)19(24(2,21)22)13-8-6-12(17)7-9-13/h4-10,15H,3,11H2,1-2H3,(H,18,20)/t15-/m1/s1. The molecular weight excluding hydrogens is 352 g/mol. The number of carbonyl (C=O) groups excluding carboxylic acids is 1. The number of nitrogens with one attached hydrogen (secondary N) is 1. The second kappa shape index (κ2) is 7.72. The van der Waals surface area contributed by atoms with Crippen LogP contribution in [0.4, 0.5) is 5.69 Å². The third-order valence-electron chi connectivity index (χ3n) is 3.43. The van der Waals surface area contributed by atoms with Crippen molar-refractivity contribution in [3.63, 3.8) is 0 Å². The Morgan fingerprint density at radius 3 is 2.46 bits per heavy atom. The van der Waals surface area contributed by atoms with Crippen LogP contribution < -0.4 is 9.62 Å². The van der Waals surface area contributed by atoms with Gasteiger partial charge in [0.1, 0.15) is 11.8 Å². The molecule has 8 heteroatoms. The molecule has 1 aromatic carbocycles. The van der Waals surface area contributed by atoms with Crippen LogP contribution in [-0.4, -0.2) is 26.6 Å². The molecule has 0 fully saturated rings. The van der Waals surface area contributed by atoms with E-state index < -0.39 is 22.0 Å². The Balaban J connectivity index is 2.25. The van der Waals surface area contributed by atoms with Crippen molar-refractivity contribution in [2.45, 2.75) is 25.9 Å². The van der Waals surface area contributed by atoms with Crippen molar-refractivity contribution in [2.75, 3.05) is 10.6 Å². The van der Waals surface area contributed by atoms with Gasteiger partial charge >= 0.3 is 0 Å². The zero-order chi connectivity index (χ0) is 17.7. The lowest BCUT2D eigenvalue weighted by atomic mass is 10.2. The number of amides is 1. The van der Waals surface area contributed by atoms with E-state index in [0.717, 1.165) is 10.6 Å². The number of furan rings is 1. The fourth-order valence-corrected chi connectivity index (χ4v) is 3.69. The Labute approximate surface area is 146 Å². The van der Waals surface area contributed by atoms with Crippen molar-refractivity contribution in [1.29, 1.82) is 0 Å². The van der Waals surface area contributed by atoms with Crippen molar-refractivity contribution in [3.8, 4) is 0 Å². The maximum atomic E-state index is 12.5. The van der Waals surface area contributed by atoms with Crippen molar-refractivity contribution < 1.29 is 17.6 Å².